The molecule has 5 aromatic rings. The number of benzene rings is 3. The lowest BCUT2D eigenvalue weighted by Crippen LogP contribution is -2.59. The van der Waals surface area contributed by atoms with Crippen molar-refractivity contribution in [2.45, 2.75) is 134 Å². The number of carbonyl (C=O) groups is 10. The molecule has 10 amide bonds. The van der Waals surface area contributed by atoms with Crippen molar-refractivity contribution in [3.63, 3.8) is 0 Å². The molecule has 3 aromatic carbocycles. The van der Waals surface area contributed by atoms with Crippen LogP contribution in [0.2, 0.25) is 0 Å². The van der Waals surface area contributed by atoms with Gasteiger partial charge in [-0.2, -0.15) is 0 Å². The van der Waals surface area contributed by atoms with Crippen molar-refractivity contribution in [3.05, 3.63) is 126 Å². The van der Waals surface area contributed by atoms with Gasteiger partial charge in [0.25, 0.3) is 0 Å². The van der Waals surface area contributed by atoms with Crippen molar-refractivity contribution in [1.29, 1.82) is 0 Å². The Balaban J connectivity index is 1.23. The number of carbonyl (C=O) groups excluding carboxylic acids is 10. The van der Waals surface area contributed by atoms with Crippen molar-refractivity contribution in [2.75, 3.05) is 6.54 Å². The number of H-pyrrole nitrogens is 2. The van der Waals surface area contributed by atoms with Gasteiger partial charge in [-0.15, -0.1) is 0 Å². The molecule has 24 nitrogen and oxygen atoms in total. The molecule has 81 heavy (non-hydrogen) atoms. The van der Waals surface area contributed by atoms with E-state index in [2.05, 4.69) is 57.5 Å². The van der Waals surface area contributed by atoms with E-state index in [1.165, 1.54) is 19.4 Å². The van der Waals surface area contributed by atoms with Crippen LogP contribution < -0.4 is 59.7 Å². The number of primary amides is 2. The van der Waals surface area contributed by atoms with Crippen molar-refractivity contribution < 1.29 is 47.9 Å². The molecule has 0 spiro atoms. The standard InChI is InChI=1S/C57H76N14O10/c1-32(2)24-44(55(79)67-42(50(60)74)21-20-35-14-8-6-9-15-35)69-56(80)46(27-38-29-61-31-64-38)66-48(73)30-63-57(81)49(33(3)4)71-51(75)34(5)65-54(78)45(26-37-28-62-41-19-13-12-18-39(37)41)70-53(77)43(22-23-47(59)72)68-52(76)40(58)25-36-16-10-7-11-17-36/h6-19,28-29,31-34,40,42-46,49,62H,20-27,30,58H2,1-5H3,(H2,59,72)(H2,60,74)(H,61,64)(H,63,81)(H,65,78)(H,66,73)(H,67,79)(H,68,76)(H,69,80)(H,70,77)(H,71,75)/t34-,40+,42+,43-,44-,45-,46-,49-/m0/s1. The number of aromatic nitrogens is 3. The maximum atomic E-state index is 14.2. The first kappa shape index (κ1) is 62.9. The Labute approximate surface area is 469 Å². The predicted octanol–water partition coefficient (Wildman–Crippen LogP) is -0.138. The fraction of sp³-hybridized carbons (Fsp3) is 0.421. The molecule has 8 atom stereocenters. The maximum absolute atomic E-state index is 14.2. The van der Waals surface area contributed by atoms with Gasteiger partial charge >= 0.3 is 0 Å². The minimum atomic E-state index is -1.36. The minimum absolute atomic E-state index is 0.0930. The highest BCUT2D eigenvalue weighted by Crippen LogP contribution is 2.20. The van der Waals surface area contributed by atoms with Crippen molar-refractivity contribution >= 4 is 70.0 Å². The summed E-state index contributed by atoms with van der Waals surface area (Å²) in [5.74, 6) is -8.23. The molecule has 0 aliphatic rings. The number of fused-ring (bicyclic) bond motifs is 1. The number of nitrogens with two attached hydrogens (primary N) is 3. The largest absolute Gasteiger partial charge is 0.370 e. The molecular weight excluding hydrogens is 1040 g/mol. The van der Waals surface area contributed by atoms with Crippen LogP contribution in [0, 0.1) is 11.8 Å². The van der Waals surface area contributed by atoms with Gasteiger partial charge in [0.2, 0.25) is 59.1 Å². The van der Waals surface area contributed by atoms with Gasteiger partial charge in [0.1, 0.15) is 42.3 Å². The summed E-state index contributed by atoms with van der Waals surface area (Å²) >= 11 is 0. The molecule has 0 bridgehead atoms. The van der Waals surface area contributed by atoms with E-state index >= 15 is 0 Å². The van der Waals surface area contributed by atoms with E-state index in [0.29, 0.717) is 17.7 Å². The molecule has 0 saturated carbocycles. The second-order valence-corrected chi connectivity index (χ2v) is 20.7. The number of aromatic amines is 2. The number of hydrogen-bond acceptors (Lipinski definition) is 12. The lowest BCUT2D eigenvalue weighted by atomic mass is 10.0. The monoisotopic (exact) mass is 1120 g/mol. The number of hydrogen-bond donors (Lipinski definition) is 13. The molecule has 0 aliphatic carbocycles. The average Bonchev–Trinajstić information content (AvgIpc) is 4.11. The first-order valence-electron chi connectivity index (χ1n) is 26.9. The summed E-state index contributed by atoms with van der Waals surface area (Å²) < 4.78 is 0. The Hall–Kier alpha value is -8.93. The molecule has 0 fully saturated rings. The van der Waals surface area contributed by atoms with Crippen LogP contribution in [0.15, 0.2) is 104 Å². The van der Waals surface area contributed by atoms with Gasteiger partial charge in [-0.1, -0.05) is 107 Å². The molecule has 5 rings (SSSR count). The Bertz CT molecular complexity index is 2930. The zero-order valence-electron chi connectivity index (χ0n) is 46.2. The summed E-state index contributed by atoms with van der Waals surface area (Å²) in [6, 6.07) is 15.8. The Kier molecular flexibility index (Phi) is 24.1. The molecule has 434 valence electrons. The van der Waals surface area contributed by atoms with Gasteiger partial charge in [0.15, 0.2) is 0 Å². The summed E-state index contributed by atoms with van der Waals surface area (Å²) in [6.07, 6.45) is 4.78. The van der Waals surface area contributed by atoms with E-state index in [-0.39, 0.29) is 50.9 Å². The molecule has 0 saturated heterocycles. The van der Waals surface area contributed by atoms with Crippen LogP contribution in [0.25, 0.3) is 10.9 Å². The van der Waals surface area contributed by atoms with Crippen LogP contribution in [0.4, 0.5) is 0 Å². The molecule has 2 aromatic heterocycles. The second-order valence-electron chi connectivity index (χ2n) is 20.7. The van der Waals surface area contributed by atoms with Gasteiger partial charge in [0, 0.05) is 48.3 Å². The fourth-order valence-electron chi connectivity index (χ4n) is 8.83. The molecule has 0 aliphatic heterocycles. The van der Waals surface area contributed by atoms with Gasteiger partial charge in [0.05, 0.1) is 18.9 Å². The summed E-state index contributed by atoms with van der Waals surface area (Å²) in [5.41, 5.74) is 20.9. The van der Waals surface area contributed by atoms with E-state index < -0.39 is 120 Å². The Morgan fingerprint density at radius 2 is 1.14 bits per heavy atom. The quantitative estimate of drug-likeness (QED) is 0.0268. The van der Waals surface area contributed by atoms with Crippen molar-refractivity contribution in [1.82, 2.24) is 57.5 Å². The summed E-state index contributed by atoms with van der Waals surface area (Å²) in [6.45, 7) is 7.70. The number of para-hydroxylation sites is 1. The second kappa shape index (κ2) is 31.0. The highest BCUT2D eigenvalue weighted by molar-refractivity contribution is 5.98. The van der Waals surface area contributed by atoms with Gasteiger partial charge in [-0.3, -0.25) is 47.9 Å². The Morgan fingerprint density at radius 1 is 0.556 bits per heavy atom. The Morgan fingerprint density at radius 3 is 1.77 bits per heavy atom. The van der Waals surface area contributed by atoms with E-state index in [4.69, 9.17) is 17.2 Å². The number of aryl methyl sites for hydroxylation is 1. The van der Waals surface area contributed by atoms with E-state index in [1.807, 2.05) is 68.4 Å². The summed E-state index contributed by atoms with van der Waals surface area (Å²) in [4.78, 5) is 145. The highest BCUT2D eigenvalue weighted by atomic mass is 16.2. The molecular formula is C57H76N14O10. The van der Waals surface area contributed by atoms with Crippen LogP contribution in [0.1, 0.15) is 82.7 Å². The zero-order valence-corrected chi connectivity index (χ0v) is 46.2. The van der Waals surface area contributed by atoms with Crippen LogP contribution in [0.5, 0.6) is 0 Å². The summed E-state index contributed by atoms with van der Waals surface area (Å²) in [5, 5.41) is 21.8. The highest BCUT2D eigenvalue weighted by Gasteiger charge is 2.34. The third-order valence-corrected chi connectivity index (χ3v) is 13.3. The molecule has 24 heteroatoms. The van der Waals surface area contributed by atoms with Crippen LogP contribution in [-0.2, 0) is 73.6 Å². The number of nitrogens with one attached hydrogen (secondary N) is 10. The normalized spacial score (nSPS) is 14.2. The first-order valence-corrected chi connectivity index (χ1v) is 26.9. The number of rotatable bonds is 32. The van der Waals surface area contributed by atoms with E-state index in [9.17, 15) is 47.9 Å². The van der Waals surface area contributed by atoms with E-state index in [1.54, 1.807) is 50.4 Å². The van der Waals surface area contributed by atoms with E-state index in [0.717, 1.165) is 22.0 Å². The number of imidazole rings is 1. The molecule has 16 N–H and O–H groups in total. The van der Waals surface area contributed by atoms with Crippen LogP contribution >= 0.6 is 0 Å². The van der Waals surface area contributed by atoms with Crippen molar-refractivity contribution in [3.8, 4) is 0 Å². The fourth-order valence-corrected chi connectivity index (χ4v) is 8.83. The lowest BCUT2D eigenvalue weighted by molar-refractivity contribution is -0.135. The first-order chi connectivity index (χ1) is 38.6. The van der Waals surface area contributed by atoms with Gasteiger partial charge in [-0.25, -0.2) is 4.98 Å². The SMILES string of the molecule is CC(C)C[C@H](NC(=O)[C@H](Cc1cnc[nH]1)NC(=O)CNC(=O)[C@@H](NC(=O)[C@H](C)NC(=O)[C@H](Cc1c[nH]c2ccccc12)NC(=O)[C@H](CCC(N)=O)NC(=O)[C@H](N)Cc1ccccc1)C(C)C)C(=O)N[C@H](CCc1ccccc1)C(N)=O. The van der Waals surface area contributed by atoms with Gasteiger partial charge < -0.3 is 69.7 Å². The molecule has 2 heterocycles. The lowest BCUT2D eigenvalue weighted by Gasteiger charge is -2.27. The number of nitrogens with zero attached hydrogens (tertiary/aromatic N) is 1. The third-order valence-electron chi connectivity index (χ3n) is 13.3. The topological polar surface area (TPSA) is 389 Å². The zero-order chi connectivity index (χ0) is 59.2. The molecule has 0 radical (unpaired) electrons. The molecule has 0 unspecified atom stereocenters. The van der Waals surface area contributed by atoms with Gasteiger partial charge in [-0.05, 0) is 73.6 Å². The smallest absolute Gasteiger partial charge is 0.243 e. The average molecular weight is 1120 g/mol. The van der Waals surface area contributed by atoms with Crippen LogP contribution in [0.3, 0.4) is 0 Å². The summed E-state index contributed by atoms with van der Waals surface area (Å²) in [7, 11) is 0. The maximum Gasteiger partial charge on any atom is 0.243 e. The third kappa shape index (κ3) is 20.4. The van der Waals surface area contributed by atoms with Crippen LogP contribution in [-0.4, -0.2) is 129 Å². The minimum Gasteiger partial charge on any atom is -0.370 e. The predicted molar refractivity (Wildman–Crippen MR) is 301 cm³/mol. The van der Waals surface area contributed by atoms with Crippen molar-refractivity contribution in [2.24, 2.45) is 29.0 Å². The number of amides is 10.